The van der Waals surface area contributed by atoms with Crippen molar-refractivity contribution >= 4 is 21.7 Å². The van der Waals surface area contributed by atoms with E-state index >= 15 is 0 Å². The lowest BCUT2D eigenvalue weighted by Crippen LogP contribution is -2.26. The van der Waals surface area contributed by atoms with E-state index in [0.29, 0.717) is 12.0 Å². The van der Waals surface area contributed by atoms with E-state index in [9.17, 15) is 0 Å². The minimum absolute atomic E-state index is 0.510. The van der Waals surface area contributed by atoms with Gasteiger partial charge in [0.05, 0.1) is 10.2 Å². The number of benzene rings is 1. The third-order valence-electron chi connectivity index (χ3n) is 4.54. The number of nitrogens with one attached hydrogen (secondary N) is 1. The molecule has 0 amide bonds. The minimum atomic E-state index is 0.510. The lowest BCUT2D eigenvalue weighted by molar-refractivity contribution is 0.411. The minimum Gasteiger partial charge on any atom is -0.366 e. The lowest BCUT2D eigenvalue weighted by Gasteiger charge is -2.30. The Bertz CT molecular complexity index is 607. The smallest absolute Gasteiger partial charge is 0.144 e. The third-order valence-corrected chi connectivity index (χ3v) is 5.37. The van der Waals surface area contributed by atoms with Gasteiger partial charge in [0.1, 0.15) is 12.1 Å². The standard InChI is InChI=1S/C18H22BrN3/c1-2-16-17(19)18(21-12-20-16)22-15-10-8-14(9-11-15)13-6-4-3-5-7-13/h3-7,12,14-15H,2,8-11H2,1H3,(H,20,21,22). The molecule has 0 unspecified atom stereocenters. The molecule has 1 N–H and O–H groups in total. The fraction of sp³-hybridized carbons (Fsp3) is 0.444. The first-order valence-electron chi connectivity index (χ1n) is 8.08. The summed E-state index contributed by atoms with van der Waals surface area (Å²) in [5, 5.41) is 3.60. The molecule has 1 fully saturated rings. The van der Waals surface area contributed by atoms with Gasteiger partial charge in [-0.2, -0.15) is 0 Å². The largest absolute Gasteiger partial charge is 0.366 e. The van der Waals surface area contributed by atoms with Crippen LogP contribution in [-0.4, -0.2) is 16.0 Å². The Hall–Kier alpha value is -1.42. The van der Waals surface area contributed by atoms with Gasteiger partial charge in [-0.3, -0.25) is 0 Å². The van der Waals surface area contributed by atoms with E-state index in [4.69, 9.17) is 0 Å². The molecule has 4 heteroatoms. The van der Waals surface area contributed by atoms with Crippen molar-refractivity contribution in [2.24, 2.45) is 0 Å². The van der Waals surface area contributed by atoms with Gasteiger partial charge in [-0.1, -0.05) is 37.3 Å². The molecule has 0 aliphatic heterocycles. The third kappa shape index (κ3) is 3.49. The second-order valence-corrected chi connectivity index (χ2v) is 6.73. The maximum absolute atomic E-state index is 4.39. The number of halogens is 1. The average molecular weight is 360 g/mol. The Kier molecular flexibility index (Phi) is 5.08. The van der Waals surface area contributed by atoms with Crippen LogP contribution in [0.2, 0.25) is 0 Å². The quantitative estimate of drug-likeness (QED) is 0.839. The summed E-state index contributed by atoms with van der Waals surface area (Å²) < 4.78 is 1.02. The van der Waals surface area contributed by atoms with Crippen LogP contribution in [0.1, 0.15) is 49.8 Å². The van der Waals surface area contributed by atoms with E-state index in [1.54, 1.807) is 6.33 Å². The van der Waals surface area contributed by atoms with E-state index in [1.807, 2.05) is 0 Å². The molecule has 116 valence electrons. The van der Waals surface area contributed by atoms with E-state index in [-0.39, 0.29) is 0 Å². The Morgan fingerprint density at radius 3 is 2.50 bits per heavy atom. The molecule has 1 aliphatic carbocycles. The Morgan fingerprint density at radius 1 is 1.09 bits per heavy atom. The van der Waals surface area contributed by atoms with E-state index in [0.717, 1.165) is 22.4 Å². The Labute approximate surface area is 140 Å². The number of aryl methyl sites for hydroxylation is 1. The van der Waals surface area contributed by atoms with Crippen LogP contribution in [0.4, 0.5) is 5.82 Å². The highest BCUT2D eigenvalue weighted by Crippen LogP contribution is 2.34. The number of rotatable bonds is 4. The molecule has 1 aromatic carbocycles. The first-order valence-corrected chi connectivity index (χ1v) is 8.88. The summed E-state index contributed by atoms with van der Waals surface area (Å²) >= 11 is 3.63. The number of nitrogens with zero attached hydrogens (tertiary/aromatic N) is 2. The van der Waals surface area contributed by atoms with Crippen LogP contribution in [0.5, 0.6) is 0 Å². The predicted octanol–water partition coefficient (Wildman–Crippen LogP) is 4.94. The molecule has 0 spiro atoms. The second kappa shape index (κ2) is 7.23. The van der Waals surface area contributed by atoms with Crippen LogP contribution in [0.3, 0.4) is 0 Å². The normalized spacial score (nSPS) is 21.5. The van der Waals surface area contributed by atoms with Crippen LogP contribution in [-0.2, 0) is 6.42 Å². The van der Waals surface area contributed by atoms with Gasteiger partial charge < -0.3 is 5.32 Å². The molecule has 0 atom stereocenters. The van der Waals surface area contributed by atoms with Crippen molar-refractivity contribution in [1.29, 1.82) is 0 Å². The highest BCUT2D eigenvalue weighted by molar-refractivity contribution is 9.10. The molecule has 1 aromatic heterocycles. The molecule has 1 aliphatic rings. The van der Waals surface area contributed by atoms with Crippen LogP contribution in [0.15, 0.2) is 41.1 Å². The Balaban J connectivity index is 1.61. The van der Waals surface area contributed by atoms with E-state index in [1.165, 1.54) is 31.2 Å². The van der Waals surface area contributed by atoms with Crippen LogP contribution in [0.25, 0.3) is 0 Å². The first-order chi connectivity index (χ1) is 10.8. The zero-order valence-corrected chi connectivity index (χ0v) is 14.5. The van der Waals surface area contributed by atoms with Crippen LogP contribution >= 0.6 is 15.9 Å². The van der Waals surface area contributed by atoms with Crippen molar-refractivity contribution in [3.05, 3.63) is 52.4 Å². The first kappa shape index (κ1) is 15.5. The molecule has 22 heavy (non-hydrogen) atoms. The molecule has 1 saturated carbocycles. The summed E-state index contributed by atoms with van der Waals surface area (Å²) in [7, 11) is 0. The Morgan fingerprint density at radius 2 is 1.82 bits per heavy atom. The van der Waals surface area contributed by atoms with Crippen molar-refractivity contribution in [2.45, 2.75) is 51.0 Å². The summed E-state index contributed by atoms with van der Waals surface area (Å²) in [5.41, 5.74) is 2.55. The van der Waals surface area contributed by atoms with Crippen molar-refractivity contribution in [1.82, 2.24) is 9.97 Å². The van der Waals surface area contributed by atoms with Crippen molar-refractivity contribution < 1.29 is 0 Å². The van der Waals surface area contributed by atoms with Gasteiger partial charge in [0, 0.05) is 6.04 Å². The number of anilines is 1. The highest BCUT2D eigenvalue weighted by atomic mass is 79.9. The topological polar surface area (TPSA) is 37.8 Å². The van der Waals surface area contributed by atoms with Crippen LogP contribution < -0.4 is 5.32 Å². The number of hydrogen-bond acceptors (Lipinski definition) is 3. The zero-order valence-electron chi connectivity index (χ0n) is 12.9. The molecular weight excluding hydrogens is 338 g/mol. The van der Waals surface area contributed by atoms with E-state index < -0.39 is 0 Å². The zero-order chi connectivity index (χ0) is 15.4. The summed E-state index contributed by atoms with van der Waals surface area (Å²) in [6, 6.07) is 11.4. The monoisotopic (exact) mass is 359 g/mol. The number of aromatic nitrogens is 2. The van der Waals surface area contributed by atoms with Gasteiger partial charge >= 0.3 is 0 Å². The molecule has 3 nitrogen and oxygen atoms in total. The maximum Gasteiger partial charge on any atom is 0.144 e. The van der Waals surface area contributed by atoms with Crippen LogP contribution in [0, 0.1) is 0 Å². The van der Waals surface area contributed by atoms with Gasteiger partial charge in [0.15, 0.2) is 0 Å². The summed E-state index contributed by atoms with van der Waals surface area (Å²) in [6.45, 7) is 2.11. The molecule has 0 bridgehead atoms. The molecule has 2 aromatic rings. The second-order valence-electron chi connectivity index (χ2n) is 5.94. The van der Waals surface area contributed by atoms with Gasteiger partial charge in [-0.15, -0.1) is 0 Å². The maximum atomic E-state index is 4.39. The van der Waals surface area contributed by atoms with Gasteiger partial charge in [-0.05, 0) is 59.5 Å². The molecule has 0 saturated heterocycles. The fourth-order valence-electron chi connectivity index (χ4n) is 3.24. The lowest BCUT2D eigenvalue weighted by atomic mass is 9.82. The average Bonchev–Trinajstić information content (AvgIpc) is 2.58. The predicted molar refractivity (Wildman–Crippen MR) is 94.2 cm³/mol. The van der Waals surface area contributed by atoms with Crippen molar-refractivity contribution in [2.75, 3.05) is 5.32 Å². The van der Waals surface area contributed by atoms with Gasteiger partial charge in [0.2, 0.25) is 0 Å². The number of hydrogen-bond donors (Lipinski definition) is 1. The SMILES string of the molecule is CCc1ncnc(NC2CCC(c3ccccc3)CC2)c1Br. The molecular formula is C18H22BrN3. The van der Waals surface area contributed by atoms with Crippen molar-refractivity contribution in [3.63, 3.8) is 0 Å². The van der Waals surface area contributed by atoms with Gasteiger partial charge in [-0.25, -0.2) is 9.97 Å². The van der Waals surface area contributed by atoms with E-state index in [2.05, 4.69) is 68.5 Å². The summed E-state index contributed by atoms with van der Waals surface area (Å²) in [5.74, 6) is 1.65. The fourth-order valence-corrected chi connectivity index (χ4v) is 3.84. The molecule has 0 radical (unpaired) electrons. The molecule has 1 heterocycles. The molecule has 3 rings (SSSR count). The summed E-state index contributed by atoms with van der Waals surface area (Å²) in [6.07, 6.45) is 7.44. The highest BCUT2D eigenvalue weighted by Gasteiger charge is 2.23. The van der Waals surface area contributed by atoms with Gasteiger partial charge in [0.25, 0.3) is 0 Å². The summed E-state index contributed by atoms with van der Waals surface area (Å²) in [4.78, 5) is 8.69. The van der Waals surface area contributed by atoms with Crippen molar-refractivity contribution in [3.8, 4) is 0 Å².